The molecule has 0 saturated heterocycles. The molecule has 0 N–H and O–H groups in total. The number of amides is 4. The van der Waals surface area contributed by atoms with Gasteiger partial charge in [0, 0.05) is 10.8 Å². The number of imide groups is 2. The molecule has 12 heteroatoms. The van der Waals surface area contributed by atoms with Crippen molar-refractivity contribution in [2.24, 2.45) is 0 Å². The van der Waals surface area contributed by atoms with Crippen molar-refractivity contribution in [1.82, 2.24) is 0 Å². The topological polar surface area (TPSA) is 162 Å². The van der Waals surface area contributed by atoms with Gasteiger partial charge in [-0.2, -0.15) is 0 Å². The van der Waals surface area contributed by atoms with E-state index in [0.717, 1.165) is 20.6 Å². The molecular weight excluding hydrogens is 765 g/mol. The van der Waals surface area contributed by atoms with Crippen molar-refractivity contribution in [3.63, 3.8) is 0 Å². The van der Waals surface area contributed by atoms with Crippen LogP contribution in [0.25, 0.3) is 54.6 Å². The van der Waals surface area contributed by atoms with E-state index in [1.54, 1.807) is 54.6 Å². The lowest BCUT2D eigenvalue weighted by Crippen LogP contribution is -2.30. The van der Waals surface area contributed by atoms with Gasteiger partial charge in [0.1, 0.15) is 0 Å². The molecule has 4 aliphatic heterocycles. The number of hydrogen-bond acceptors (Lipinski definition) is 10. The molecular formula is C48H20N2O10. The Hall–Kier alpha value is -8.64. The first kappa shape index (κ1) is 33.5. The van der Waals surface area contributed by atoms with Gasteiger partial charge in [0.15, 0.2) is 0 Å². The van der Waals surface area contributed by atoms with E-state index in [2.05, 4.69) is 0 Å². The highest BCUT2D eigenvalue weighted by Gasteiger charge is 2.42. The highest BCUT2D eigenvalue weighted by Crippen LogP contribution is 2.46. The summed E-state index contributed by atoms with van der Waals surface area (Å²) in [6, 6.07) is 33.3. The lowest BCUT2D eigenvalue weighted by molar-refractivity contribution is 0.0426. The van der Waals surface area contributed by atoms with Gasteiger partial charge in [-0.05, 0) is 92.3 Å². The van der Waals surface area contributed by atoms with Gasteiger partial charge in [0.2, 0.25) is 0 Å². The second kappa shape index (κ2) is 11.5. The summed E-state index contributed by atoms with van der Waals surface area (Å²) >= 11 is 0. The van der Waals surface area contributed by atoms with Gasteiger partial charge in [0.05, 0.1) is 55.9 Å². The highest BCUT2D eigenvalue weighted by molar-refractivity contribution is 6.41. The minimum Gasteiger partial charge on any atom is -0.386 e. The van der Waals surface area contributed by atoms with Crippen LogP contribution in [0.1, 0.15) is 82.9 Å². The zero-order chi connectivity index (χ0) is 40.9. The first-order valence-corrected chi connectivity index (χ1v) is 18.6. The summed E-state index contributed by atoms with van der Waals surface area (Å²) in [5, 5.41) is 4.17. The number of anilines is 2. The SMILES string of the molecule is O=C1OC(=O)c2cc(-c3cccc4c3C(=O)N(c3ccc5ccc6c(N7C(=O)c8ccc(-c9cccc%10c9C(=O)OC%10=O)cc8C7=O)ccc7ccc3c5c76)C4=O)ccc21. The molecule has 12 nitrogen and oxygen atoms in total. The third-order valence-electron chi connectivity index (χ3n) is 11.8. The zero-order valence-corrected chi connectivity index (χ0v) is 30.5. The predicted molar refractivity (Wildman–Crippen MR) is 216 cm³/mol. The molecule has 8 aromatic rings. The van der Waals surface area contributed by atoms with E-state index in [0.29, 0.717) is 55.2 Å². The van der Waals surface area contributed by atoms with Gasteiger partial charge in [-0.15, -0.1) is 0 Å². The summed E-state index contributed by atoms with van der Waals surface area (Å²) < 4.78 is 9.58. The second-order valence-electron chi connectivity index (χ2n) is 14.8. The summed E-state index contributed by atoms with van der Waals surface area (Å²) in [4.78, 5) is 109. The molecule has 282 valence electrons. The minimum atomic E-state index is -0.789. The molecule has 8 aromatic carbocycles. The average molecular weight is 785 g/mol. The van der Waals surface area contributed by atoms with Crippen molar-refractivity contribution >= 4 is 91.2 Å². The van der Waals surface area contributed by atoms with Gasteiger partial charge in [0.25, 0.3) is 23.6 Å². The largest absolute Gasteiger partial charge is 0.386 e. The molecule has 0 aliphatic carbocycles. The maximum absolute atomic E-state index is 14.5. The summed E-state index contributed by atoms with van der Waals surface area (Å²) in [6.07, 6.45) is 0. The number of carbonyl (C=O) groups is 8. The van der Waals surface area contributed by atoms with E-state index in [1.165, 1.54) is 30.3 Å². The Morgan fingerprint density at radius 1 is 0.333 bits per heavy atom. The molecule has 0 saturated carbocycles. The molecule has 4 heterocycles. The Bertz CT molecular complexity index is 3510. The van der Waals surface area contributed by atoms with Gasteiger partial charge in [-0.25, -0.2) is 29.0 Å². The molecule has 4 amide bonds. The normalized spacial score (nSPS) is 15.5. The second-order valence-corrected chi connectivity index (χ2v) is 14.8. The number of rotatable bonds is 4. The van der Waals surface area contributed by atoms with Crippen molar-refractivity contribution in [3.05, 3.63) is 166 Å². The van der Waals surface area contributed by atoms with E-state index in [9.17, 15) is 38.4 Å². The summed E-state index contributed by atoms with van der Waals surface area (Å²) in [7, 11) is 0. The van der Waals surface area contributed by atoms with Crippen LogP contribution in [0.15, 0.2) is 121 Å². The number of nitrogens with zero attached hydrogens (tertiary/aromatic N) is 2. The summed E-state index contributed by atoms with van der Waals surface area (Å²) in [5.41, 5.74) is 3.38. The molecule has 0 atom stereocenters. The Labute approximate surface area is 336 Å². The van der Waals surface area contributed by atoms with E-state index < -0.39 is 47.5 Å². The van der Waals surface area contributed by atoms with E-state index >= 15 is 0 Å². The van der Waals surface area contributed by atoms with Crippen LogP contribution in [0.5, 0.6) is 0 Å². The highest BCUT2D eigenvalue weighted by atomic mass is 16.6. The molecule has 60 heavy (non-hydrogen) atoms. The fourth-order valence-electron chi connectivity index (χ4n) is 9.16. The smallest absolute Gasteiger partial charge is 0.347 e. The molecule has 0 aromatic heterocycles. The predicted octanol–water partition coefficient (Wildman–Crippen LogP) is 8.14. The molecule has 4 aliphatic rings. The van der Waals surface area contributed by atoms with Crippen LogP contribution in [-0.4, -0.2) is 47.5 Å². The number of benzene rings is 8. The third kappa shape index (κ3) is 4.22. The average Bonchev–Trinajstić information content (AvgIpc) is 3.91. The molecule has 0 spiro atoms. The van der Waals surface area contributed by atoms with Gasteiger partial charge in [-0.3, -0.25) is 19.2 Å². The quantitative estimate of drug-likeness (QED) is 0.0737. The van der Waals surface area contributed by atoms with Crippen LogP contribution in [0.4, 0.5) is 11.4 Å². The van der Waals surface area contributed by atoms with Crippen LogP contribution in [0.2, 0.25) is 0 Å². The summed E-state index contributed by atoms with van der Waals surface area (Å²) in [5.74, 6) is -5.32. The van der Waals surface area contributed by atoms with Crippen LogP contribution < -0.4 is 9.80 Å². The van der Waals surface area contributed by atoms with E-state index in [4.69, 9.17) is 9.47 Å². The molecule has 12 rings (SSSR count). The number of ether oxygens (including phenoxy) is 2. The number of cyclic esters (lactones) is 4. The van der Waals surface area contributed by atoms with Crippen molar-refractivity contribution in [3.8, 4) is 22.3 Å². The molecule has 0 unspecified atom stereocenters. The first-order chi connectivity index (χ1) is 29.1. The zero-order valence-electron chi connectivity index (χ0n) is 30.5. The summed E-state index contributed by atoms with van der Waals surface area (Å²) in [6.45, 7) is 0. The van der Waals surface area contributed by atoms with Crippen LogP contribution in [-0.2, 0) is 9.47 Å². The number of hydrogen-bond donors (Lipinski definition) is 0. The lowest BCUT2D eigenvalue weighted by atomic mass is 9.92. The number of esters is 4. The van der Waals surface area contributed by atoms with Crippen LogP contribution in [0.3, 0.4) is 0 Å². The fraction of sp³-hybridized carbons (Fsp3) is 0. The third-order valence-corrected chi connectivity index (χ3v) is 11.8. The first-order valence-electron chi connectivity index (χ1n) is 18.6. The van der Waals surface area contributed by atoms with Crippen molar-refractivity contribution < 1.29 is 47.8 Å². The Kier molecular flexibility index (Phi) is 6.41. The maximum atomic E-state index is 14.5. The standard InChI is InChI=1S/C48H20N2O10/c51-41-27-13-9-23(26-4-2-6-32-40(26)48(58)60-46(32)56)19-33(27)43(53)49(41)35-17-11-21-8-16-30-36(18-12-22-7-15-29(35)37(21)38(22)30)50-42(52)31-5-1-3-25(39(31)44(50)54)24-10-14-28-34(20-24)47(57)59-45(28)55/h1-20H. The minimum absolute atomic E-state index is 0.0721. The maximum Gasteiger partial charge on any atom is 0.347 e. The Balaban J connectivity index is 0.957. The monoisotopic (exact) mass is 784 g/mol. The number of fused-ring (bicyclic) bond motifs is 4. The van der Waals surface area contributed by atoms with Crippen LogP contribution >= 0.6 is 0 Å². The van der Waals surface area contributed by atoms with Crippen molar-refractivity contribution in [2.45, 2.75) is 0 Å². The van der Waals surface area contributed by atoms with Gasteiger partial charge < -0.3 is 9.47 Å². The fourth-order valence-corrected chi connectivity index (χ4v) is 9.16. The van der Waals surface area contributed by atoms with Gasteiger partial charge >= 0.3 is 23.9 Å². The van der Waals surface area contributed by atoms with Crippen molar-refractivity contribution in [1.29, 1.82) is 0 Å². The Morgan fingerprint density at radius 2 is 0.800 bits per heavy atom. The molecule has 0 radical (unpaired) electrons. The van der Waals surface area contributed by atoms with Gasteiger partial charge in [-0.1, -0.05) is 72.8 Å². The molecule has 0 bridgehead atoms. The van der Waals surface area contributed by atoms with Crippen molar-refractivity contribution in [2.75, 3.05) is 9.80 Å². The van der Waals surface area contributed by atoms with E-state index in [-0.39, 0.29) is 44.5 Å². The number of carbonyl (C=O) groups excluding carboxylic acids is 8. The lowest BCUT2D eigenvalue weighted by Gasteiger charge is -2.22. The Morgan fingerprint density at radius 3 is 1.47 bits per heavy atom. The van der Waals surface area contributed by atoms with Crippen LogP contribution in [0, 0.1) is 0 Å². The molecule has 0 fully saturated rings. The van der Waals surface area contributed by atoms with E-state index in [1.807, 2.05) is 36.4 Å².